The van der Waals surface area contributed by atoms with Crippen LogP contribution in [0.5, 0.6) is 11.5 Å². The normalized spacial score (nSPS) is 15.2. The third-order valence-electron chi connectivity index (χ3n) is 12.0. The van der Waals surface area contributed by atoms with Gasteiger partial charge < -0.3 is 4.74 Å². The van der Waals surface area contributed by atoms with Crippen LogP contribution < -0.4 is 4.74 Å². The van der Waals surface area contributed by atoms with Gasteiger partial charge in [-0.1, -0.05) is 100 Å². The number of hydrogen-bond acceptors (Lipinski definition) is 2. The molecule has 2 aliphatic rings. The van der Waals surface area contributed by atoms with E-state index in [0.29, 0.717) is 0 Å². The maximum Gasteiger partial charge on any atom is 0.139 e. The lowest BCUT2D eigenvalue weighted by molar-refractivity contribution is 0.423. The number of nitrogens with zero attached hydrogens (tertiary/aromatic N) is 1. The summed E-state index contributed by atoms with van der Waals surface area (Å²) < 4.78 is 6.99. The molecular weight excluding hydrogens is 607 g/mol. The minimum absolute atomic E-state index is 0.188. The summed E-state index contributed by atoms with van der Waals surface area (Å²) in [6, 6.07) is 40.1. The zero-order valence-electron chi connectivity index (χ0n) is 29.7. The van der Waals surface area contributed by atoms with Crippen molar-refractivity contribution < 1.29 is 4.74 Å². The lowest BCUT2D eigenvalue weighted by Gasteiger charge is -2.36. The number of aromatic nitrogens is 1. The number of ether oxygens (including phenoxy) is 1. The molecule has 2 nitrogen and oxygen atoms in total. The molecule has 2 heteroatoms. The summed E-state index contributed by atoms with van der Waals surface area (Å²) in [5, 5.41) is 7.74. The molecule has 8 aromatic rings. The molecule has 1 aliphatic heterocycles. The van der Waals surface area contributed by atoms with Crippen LogP contribution in [0.2, 0.25) is 0 Å². The van der Waals surface area contributed by atoms with E-state index in [4.69, 9.17) is 9.72 Å². The second-order valence-electron chi connectivity index (χ2n) is 15.7. The van der Waals surface area contributed by atoms with E-state index >= 15 is 0 Å². The minimum atomic E-state index is -0.248. The number of pyridine rings is 1. The van der Waals surface area contributed by atoms with Crippen LogP contribution in [0.3, 0.4) is 0 Å². The maximum atomic E-state index is 6.99. The number of rotatable bonds is 2. The van der Waals surface area contributed by atoms with Crippen molar-refractivity contribution in [3.63, 3.8) is 0 Å². The molecule has 7 aromatic carbocycles. The second kappa shape index (κ2) is 9.82. The molecular formula is C48H39NO. The Morgan fingerprint density at radius 2 is 1.22 bits per heavy atom. The fourth-order valence-electron chi connectivity index (χ4n) is 9.30. The van der Waals surface area contributed by atoms with Gasteiger partial charge in [0.25, 0.3) is 0 Å². The van der Waals surface area contributed by atoms with Crippen molar-refractivity contribution in [2.75, 3.05) is 0 Å². The van der Waals surface area contributed by atoms with Gasteiger partial charge in [-0.3, -0.25) is 4.98 Å². The summed E-state index contributed by atoms with van der Waals surface area (Å²) in [5.41, 5.74) is 15.6. The van der Waals surface area contributed by atoms with Gasteiger partial charge in [0, 0.05) is 49.6 Å². The van der Waals surface area contributed by atoms with Gasteiger partial charge in [-0.2, -0.15) is 0 Å². The molecule has 0 N–H and O–H groups in total. The molecule has 242 valence electrons. The van der Waals surface area contributed by atoms with E-state index in [9.17, 15) is 0 Å². The zero-order chi connectivity index (χ0) is 34.3. The second-order valence-corrected chi connectivity index (χ2v) is 15.7. The van der Waals surface area contributed by atoms with E-state index in [1.165, 1.54) is 93.5 Å². The Kier molecular flexibility index (Phi) is 5.79. The summed E-state index contributed by atoms with van der Waals surface area (Å²) >= 11 is 0. The van der Waals surface area contributed by atoms with Gasteiger partial charge >= 0.3 is 0 Å². The van der Waals surface area contributed by atoms with Crippen LogP contribution in [-0.4, -0.2) is 4.98 Å². The highest BCUT2D eigenvalue weighted by molar-refractivity contribution is 6.29. The molecule has 0 spiro atoms. The van der Waals surface area contributed by atoms with Gasteiger partial charge in [0.2, 0.25) is 0 Å². The Labute approximate surface area is 293 Å². The first-order chi connectivity index (χ1) is 24.0. The van der Waals surface area contributed by atoms with Gasteiger partial charge in [-0.05, 0) is 118 Å². The van der Waals surface area contributed by atoms with Gasteiger partial charge in [0.1, 0.15) is 11.5 Å². The first kappa shape index (κ1) is 29.4. The molecule has 1 aromatic heterocycles. The van der Waals surface area contributed by atoms with E-state index in [1.54, 1.807) is 0 Å². The molecule has 1 aliphatic carbocycles. The monoisotopic (exact) mass is 645 g/mol. The summed E-state index contributed by atoms with van der Waals surface area (Å²) in [4.78, 5) is 5.43. The minimum Gasteiger partial charge on any atom is -0.456 e. The first-order valence-electron chi connectivity index (χ1n) is 17.8. The van der Waals surface area contributed by atoms with Crippen LogP contribution in [0.1, 0.15) is 66.8 Å². The van der Waals surface area contributed by atoms with Crippen molar-refractivity contribution in [1.29, 1.82) is 0 Å². The summed E-state index contributed by atoms with van der Waals surface area (Å²) in [6.07, 6.45) is 0. The van der Waals surface area contributed by atoms with E-state index < -0.39 is 0 Å². The SMILES string of the molecule is Cc1nc2c(cc1-c1ccccc1)C(C)(C)c1cc3c(C)cc4cc5c(c6cc(C)c(c1-2)c3c46)Oc1ccc(-c2ccccc2)cc1C5(C)C. The predicted octanol–water partition coefficient (Wildman–Crippen LogP) is 13.0. The topological polar surface area (TPSA) is 22.1 Å². The molecule has 0 saturated heterocycles. The molecule has 0 saturated carbocycles. The third-order valence-corrected chi connectivity index (χ3v) is 12.0. The number of fused-ring (bicyclic) bond motifs is 7. The molecule has 2 heterocycles. The van der Waals surface area contributed by atoms with Gasteiger partial charge in [-0.25, -0.2) is 0 Å². The lowest BCUT2D eigenvalue weighted by Crippen LogP contribution is -2.24. The van der Waals surface area contributed by atoms with Crippen LogP contribution in [0.4, 0.5) is 0 Å². The van der Waals surface area contributed by atoms with Crippen LogP contribution in [0.25, 0.3) is 65.8 Å². The number of aryl methyl sites for hydroxylation is 3. The van der Waals surface area contributed by atoms with Gasteiger partial charge in [0.15, 0.2) is 0 Å². The Balaban J connectivity index is 1.24. The first-order valence-corrected chi connectivity index (χ1v) is 17.8. The zero-order valence-corrected chi connectivity index (χ0v) is 29.7. The Hall–Kier alpha value is -5.47. The largest absolute Gasteiger partial charge is 0.456 e. The average Bonchev–Trinajstić information content (AvgIpc) is 3.33. The summed E-state index contributed by atoms with van der Waals surface area (Å²) in [7, 11) is 0. The van der Waals surface area contributed by atoms with E-state index in [0.717, 1.165) is 22.9 Å². The van der Waals surface area contributed by atoms with E-state index in [-0.39, 0.29) is 10.8 Å². The summed E-state index contributed by atoms with van der Waals surface area (Å²) in [5.74, 6) is 1.93. The van der Waals surface area contributed by atoms with Crippen molar-refractivity contribution in [2.24, 2.45) is 0 Å². The van der Waals surface area contributed by atoms with Crippen molar-refractivity contribution in [3.8, 4) is 45.0 Å². The van der Waals surface area contributed by atoms with Crippen LogP contribution >= 0.6 is 0 Å². The molecule has 0 atom stereocenters. The highest BCUT2D eigenvalue weighted by atomic mass is 16.5. The molecule has 50 heavy (non-hydrogen) atoms. The maximum absolute atomic E-state index is 6.99. The fraction of sp³-hybridized carbons (Fsp3) is 0.188. The highest BCUT2D eigenvalue weighted by Gasteiger charge is 2.41. The van der Waals surface area contributed by atoms with Crippen molar-refractivity contribution in [1.82, 2.24) is 4.98 Å². The standard InChI is InChI=1S/C48H39NO/c1-26-20-32-23-39-46(50-40-19-18-31(22-36(40)47(39,4)5)29-14-10-8-11-15-29)35-21-27(2)41-43(42(32)35)33(26)24-37-44(41)45-38(48(37,6)7)25-34(28(3)49-45)30-16-12-9-13-17-30/h8-25H,1-7H3. The van der Waals surface area contributed by atoms with Gasteiger partial charge in [0.05, 0.1) is 5.69 Å². The Morgan fingerprint density at radius 1 is 0.520 bits per heavy atom. The molecule has 10 rings (SSSR count). The Bertz CT molecular complexity index is 2730. The Morgan fingerprint density at radius 3 is 1.96 bits per heavy atom. The van der Waals surface area contributed by atoms with Gasteiger partial charge in [-0.15, -0.1) is 0 Å². The van der Waals surface area contributed by atoms with Crippen LogP contribution in [-0.2, 0) is 10.8 Å². The number of hydrogen-bond donors (Lipinski definition) is 0. The predicted molar refractivity (Wildman–Crippen MR) is 209 cm³/mol. The summed E-state index contributed by atoms with van der Waals surface area (Å²) in [6.45, 7) is 16.2. The lowest BCUT2D eigenvalue weighted by atomic mass is 9.73. The van der Waals surface area contributed by atoms with E-state index in [2.05, 4.69) is 158 Å². The average molecular weight is 646 g/mol. The van der Waals surface area contributed by atoms with Crippen LogP contribution in [0.15, 0.2) is 109 Å². The number of benzene rings is 7. The van der Waals surface area contributed by atoms with Crippen LogP contribution in [0, 0.1) is 20.8 Å². The van der Waals surface area contributed by atoms with E-state index in [1.807, 2.05) is 0 Å². The van der Waals surface area contributed by atoms with Crippen molar-refractivity contribution >= 4 is 32.3 Å². The molecule has 0 amide bonds. The van der Waals surface area contributed by atoms with Crippen molar-refractivity contribution in [2.45, 2.75) is 59.3 Å². The quantitative estimate of drug-likeness (QED) is 0.175. The smallest absolute Gasteiger partial charge is 0.139 e. The molecule has 0 unspecified atom stereocenters. The molecule has 0 fully saturated rings. The highest BCUT2D eigenvalue weighted by Crippen LogP contribution is 2.58. The molecule has 0 bridgehead atoms. The fourth-order valence-corrected chi connectivity index (χ4v) is 9.30. The molecule has 0 radical (unpaired) electrons. The third kappa shape index (κ3) is 3.77. The van der Waals surface area contributed by atoms with Crippen molar-refractivity contribution in [3.05, 3.63) is 148 Å².